The van der Waals surface area contributed by atoms with Crippen molar-refractivity contribution in [1.29, 1.82) is 0 Å². The van der Waals surface area contributed by atoms with Gasteiger partial charge in [0.05, 0.1) is 0 Å². The molecule has 0 fully saturated rings. The molecule has 0 saturated heterocycles. The van der Waals surface area contributed by atoms with Crippen LogP contribution in [0.1, 0.15) is 41.1 Å². The third kappa shape index (κ3) is 4.93. The molecule has 0 radical (unpaired) electrons. The SMILES string of the molecule is Cc1cc(C)c(C(CCCS(C)(=O)=O)NN)c(C)c1. The standard InChI is InChI=1S/C14H24N2O2S/c1-10-8-11(2)14(12(3)9-10)13(16-15)6-5-7-19(4,17)18/h8-9,13,16H,5-7,15H2,1-4H3. The van der Waals surface area contributed by atoms with Crippen LogP contribution in [-0.4, -0.2) is 20.4 Å². The molecule has 0 heterocycles. The third-order valence-electron chi connectivity index (χ3n) is 3.30. The van der Waals surface area contributed by atoms with Gasteiger partial charge in [-0.2, -0.15) is 0 Å². The molecular formula is C14H24N2O2S. The van der Waals surface area contributed by atoms with Crippen LogP contribution in [0.4, 0.5) is 0 Å². The fourth-order valence-corrected chi connectivity index (χ4v) is 3.29. The summed E-state index contributed by atoms with van der Waals surface area (Å²) in [7, 11) is -2.91. The van der Waals surface area contributed by atoms with Gasteiger partial charge >= 0.3 is 0 Å². The summed E-state index contributed by atoms with van der Waals surface area (Å²) in [5, 5.41) is 0. The summed E-state index contributed by atoms with van der Waals surface area (Å²) in [5.41, 5.74) is 7.61. The average Bonchev–Trinajstić information content (AvgIpc) is 2.23. The number of aryl methyl sites for hydroxylation is 3. The minimum absolute atomic E-state index is 0.00218. The second kappa shape index (κ2) is 6.50. The Morgan fingerprint density at radius 2 is 1.74 bits per heavy atom. The fourth-order valence-electron chi connectivity index (χ4n) is 2.60. The van der Waals surface area contributed by atoms with E-state index in [0.29, 0.717) is 12.8 Å². The third-order valence-corrected chi connectivity index (χ3v) is 4.33. The molecule has 0 aliphatic heterocycles. The molecule has 0 saturated carbocycles. The van der Waals surface area contributed by atoms with Gasteiger partial charge in [-0.3, -0.25) is 11.3 Å². The van der Waals surface area contributed by atoms with Crippen molar-refractivity contribution in [2.45, 2.75) is 39.7 Å². The Balaban J connectivity index is 2.86. The first-order valence-electron chi connectivity index (χ1n) is 6.46. The maximum atomic E-state index is 11.2. The summed E-state index contributed by atoms with van der Waals surface area (Å²) in [5.74, 6) is 5.83. The van der Waals surface area contributed by atoms with Crippen molar-refractivity contribution in [3.8, 4) is 0 Å². The van der Waals surface area contributed by atoms with Gasteiger partial charge in [0, 0.05) is 18.1 Å². The highest BCUT2D eigenvalue weighted by molar-refractivity contribution is 7.90. The first-order chi connectivity index (χ1) is 8.74. The molecule has 0 aliphatic carbocycles. The summed E-state index contributed by atoms with van der Waals surface area (Å²) >= 11 is 0. The topological polar surface area (TPSA) is 72.2 Å². The van der Waals surface area contributed by atoms with Crippen LogP contribution < -0.4 is 11.3 Å². The van der Waals surface area contributed by atoms with Gasteiger partial charge in [-0.1, -0.05) is 17.7 Å². The van der Waals surface area contributed by atoms with E-state index < -0.39 is 9.84 Å². The van der Waals surface area contributed by atoms with Gasteiger partial charge in [-0.05, 0) is 50.3 Å². The van der Waals surface area contributed by atoms with E-state index in [1.54, 1.807) is 0 Å². The highest BCUT2D eigenvalue weighted by Gasteiger charge is 2.16. The summed E-state index contributed by atoms with van der Waals surface area (Å²) < 4.78 is 22.3. The lowest BCUT2D eigenvalue weighted by molar-refractivity contribution is 0.503. The average molecular weight is 284 g/mol. The molecule has 3 N–H and O–H groups in total. The lowest BCUT2D eigenvalue weighted by atomic mass is 9.92. The summed E-state index contributed by atoms with van der Waals surface area (Å²) in [4.78, 5) is 0. The zero-order valence-corrected chi connectivity index (χ0v) is 13.0. The van der Waals surface area contributed by atoms with Crippen LogP contribution >= 0.6 is 0 Å². The highest BCUT2D eigenvalue weighted by Crippen LogP contribution is 2.26. The lowest BCUT2D eigenvalue weighted by Gasteiger charge is -2.21. The van der Waals surface area contributed by atoms with E-state index in [9.17, 15) is 8.42 Å². The molecule has 1 unspecified atom stereocenters. The quantitative estimate of drug-likeness (QED) is 0.618. The fraction of sp³-hybridized carbons (Fsp3) is 0.571. The van der Waals surface area contributed by atoms with Gasteiger partial charge in [-0.25, -0.2) is 8.42 Å². The molecule has 0 aliphatic rings. The zero-order chi connectivity index (χ0) is 14.6. The van der Waals surface area contributed by atoms with E-state index >= 15 is 0 Å². The highest BCUT2D eigenvalue weighted by atomic mass is 32.2. The maximum Gasteiger partial charge on any atom is 0.147 e. The van der Waals surface area contributed by atoms with Crippen molar-refractivity contribution >= 4 is 9.84 Å². The van der Waals surface area contributed by atoms with Gasteiger partial charge in [0.1, 0.15) is 9.84 Å². The Morgan fingerprint density at radius 1 is 1.21 bits per heavy atom. The van der Waals surface area contributed by atoms with Gasteiger partial charge in [0.2, 0.25) is 0 Å². The van der Waals surface area contributed by atoms with Crippen LogP contribution in [-0.2, 0) is 9.84 Å². The summed E-state index contributed by atoms with van der Waals surface area (Å²) in [6, 6.07) is 4.26. The number of sulfone groups is 1. The number of hydrazine groups is 1. The van der Waals surface area contributed by atoms with Crippen LogP contribution in [0.2, 0.25) is 0 Å². The Kier molecular flexibility index (Phi) is 5.52. The molecule has 108 valence electrons. The van der Waals surface area contributed by atoms with Crippen molar-refractivity contribution in [3.05, 3.63) is 34.4 Å². The van der Waals surface area contributed by atoms with E-state index in [0.717, 1.165) is 0 Å². The number of nitrogens with one attached hydrogen (secondary N) is 1. The smallest absolute Gasteiger partial charge is 0.147 e. The second-order valence-corrected chi connectivity index (χ2v) is 7.56. The van der Waals surface area contributed by atoms with Crippen molar-refractivity contribution in [2.75, 3.05) is 12.0 Å². The first kappa shape index (κ1) is 16.1. The monoisotopic (exact) mass is 284 g/mol. The molecule has 0 aromatic heterocycles. The summed E-state index contributed by atoms with van der Waals surface area (Å²) in [6.07, 6.45) is 2.59. The van der Waals surface area contributed by atoms with Crippen molar-refractivity contribution in [3.63, 3.8) is 0 Å². The Labute approximate surface area is 116 Å². The largest absolute Gasteiger partial charge is 0.271 e. The van der Waals surface area contributed by atoms with E-state index in [2.05, 4.69) is 38.3 Å². The van der Waals surface area contributed by atoms with Crippen LogP contribution in [0.25, 0.3) is 0 Å². The van der Waals surface area contributed by atoms with Crippen LogP contribution in [0.3, 0.4) is 0 Å². The van der Waals surface area contributed by atoms with E-state index in [1.165, 1.54) is 28.5 Å². The van der Waals surface area contributed by atoms with Crippen molar-refractivity contribution < 1.29 is 8.42 Å². The van der Waals surface area contributed by atoms with E-state index in [-0.39, 0.29) is 11.8 Å². The molecule has 1 rings (SSSR count). The molecule has 0 amide bonds. The van der Waals surface area contributed by atoms with Crippen LogP contribution in [0.15, 0.2) is 12.1 Å². The van der Waals surface area contributed by atoms with Gasteiger partial charge < -0.3 is 0 Å². The molecule has 19 heavy (non-hydrogen) atoms. The minimum Gasteiger partial charge on any atom is -0.271 e. The molecule has 1 aromatic carbocycles. The van der Waals surface area contributed by atoms with Gasteiger partial charge in [-0.15, -0.1) is 0 Å². The molecule has 0 bridgehead atoms. The molecule has 0 spiro atoms. The predicted molar refractivity (Wildman–Crippen MR) is 79.7 cm³/mol. The number of rotatable bonds is 6. The van der Waals surface area contributed by atoms with Crippen LogP contribution in [0, 0.1) is 20.8 Å². The number of hydrogen-bond donors (Lipinski definition) is 2. The number of nitrogens with two attached hydrogens (primary N) is 1. The molecule has 5 heteroatoms. The molecule has 1 aromatic rings. The zero-order valence-electron chi connectivity index (χ0n) is 12.2. The first-order valence-corrected chi connectivity index (χ1v) is 8.52. The number of hydrogen-bond acceptors (Lipinski definition) is 4. The van der Waals surface area contributed by atoms with Crippen molar-refractivity contribution in [1.82, 2.24) is 5.43 Å². The Morgan fingerprint density at radius 3 is 2.16 bits per heavy atom. The minimum atomic E-state index is -2.91. The summed E-state index contributed by atoms with van der Waals surface area (Å²) in [6.45, 7) is 6.20. The van der Waals surface area contributed by atoms with Gasteiger partial charge in [0.25, 0.3) is 0 Å². The molecular weight excluding hydrogens is 260 g/mol. The second-order valence-electron chi connectivity index (χ2n) is 5.30. The van der Waals surface area contributed by atoms with E-state index in [4.69, 9.17) is 5.84 Å². The number of benzene rings is 1. The molecule has 1 atom stereocenters. The normalized spacial score (nSPS) is 13.5. The van der Waals surface area contributed by atoms with Crippen molar-refractivity contribution in [2.24, 2.45) is 5.84 Å². The Bertz CT molecular complexity index is 515. The molecule has 4 nitrogen and oxygen atoms in total. The predicted octanol–water partition coefficient (Wildman–Crippen LogP) is 1.94. The lowest BCUT2D eigenvalue weighted by Crippen LogP contribution is -2.29. The Hall–Kier alpha value is -0.910. The van der Waals surface area contributed by atoms with Crippen LogP contribution in [0.5, 0.6) is 0 Å². The van der Waals surface area contributed by atoms with Gasteiger partial charge in [0.15, 0.2) is 0 Å². The van der Waals surface area contributed by atoms with E-state index in [1.807, 2.05) is 0 Å². The maximum absolute atomic E-state index is 11.2.